The van der Waals surface area contributed by atoms with Crippen LogP contribution in [0.15, 0.2) is 206 Å². The molecule has 0 heteroatoms. The summed E-state index contributed by atoms with van der Waals surface area (Å²) in [4.78, 5) is 0. The summed E-state index contributed by atoms with van der Waals surface area (Å²) in [5.74, 6) is 0. The molecule has 0 heterocycles. The minimum absolute atomic E-state index is 1.22. The van der Waals surface area contributed by atoms with Crippen molar-refractivity contribution in [2.45, 2.75) is 0 Å². The van der Waals surface area contributed by atoms with E-state index in [2.05, 4.69) is 206 Å². The smallest absolute Gasteiger partial charge is 0.000740 e. The summed E-state index contributed by atoms with van der Waals surface area (Å²) >= 11 is 0. The Morgan fingerprint density at radius 1 is 0.161 bits per heavy atom. The molecular weight excluding hydrogens is 673 g/mol. The van der Waals surface area contributed by atoms with Crippen LogP contribution < -0.4 is 0 Å². The van der Waals surface area contributed by atoms with Gasteiger partial charge in [-0.1, -0.05) is 206 Å². The van der Waals surface area contributed by atoms with E-state index in [9.17, 15) is 0 Å². The maximum atomic E-state index is 2.37. The van der Waals surface area contributed by atoms with Crippen LogP contribution in [0.5, 0.6) is 0 Å². The standard InChI is InChI=1S/C56H34/c1-3-15-35(16-4-1)36-29-31-37(32-30-36)39-33-34-48(41-20-8-7-19-40(39)41)52-43-22-10-12-24-47(43)56-54-45(26-14-28-50(52)54)44-25-13-27-49-51(38-17-5-2-6-18-38)42-21-9-11-23-46(42)55(56)53(44)49/h1-34H. The summed E-state index contributed by atoms with van der Waals surface area (Å²) in [6, 6.07) is 76.4. The highest BCUT2D eigenvalue weighted by atomic mass is 14.3. The highest BCUT2D eigenvalue weighted by molar-refractivity contribution is 6.45. The lowest BCUT2D eigenvalue weighted by molar-refractivity contribution is 1.60. The largest absolute Gasteiger partial charge is 0.0622 e. The third-order valence-electron chi connectivity index (χ3n) is 12.2. The summed E-state index contributed by atoms with van der Waals surface area (Å²) in [6.07, 6.45) is 0. The predicted octanol–water partition coefficient (Wildman–Crippen LogP) is 15.9. The molecule has 0 bridgehead atoms. The van der Waals surface area contributed by atoms with Gasteiger partial charge in [-0.15, -0.1) is 0 Å². The molecule has 0 saturated carbocycles. The Kier molecular flexibility index (Phi) is 6.73. The molecule has 56 heavy (non-hydrogen) atoms. The van der Waals surface area contributed by atoms with E-state index >= 15 is 0 Å². The van der Waals surface area contributed by atoms with Gasteiger partial charge in [0.05, 0.1) is 0 Å². The van der Waals surface area contributed by atoms with Gasteiger partial charge in [0, 0.05) is 0 Å². The van der Waals surface area contributed by atoms with Crippen molar-refractivity contribution in [3.8, 4) is 44.5 Å². The monoisotopic (exact) mass is 706 g/mol. The maximum Gasteiger partial charge on any atom is -0.000740 e. The molecule has 0 fully saturated rings. The molecule has 0 aromatic heterocycles. The molecule has 0 aliphatic heterocycles. The summed E-state index contributed by atoms with van der Waals surface area (Å²) in [7, 11) is 0. The first-order chi connectivity index (χ1) is 27.8. The Morgan fingerprint density at radius 3 is 1.11 bits per heavy atom. The highest BCUT2D eigenvalue weighted by Gasteiger charge is 2.24. The molecule has 0 amide bonds. The van der Waals surface area contributed by atoms with Crippen LogP contribution in [0.4, 0.5) is 0 Å². The average Bonchev–Trinajstić information content (AvgIpc) is 3.28. The fourth-order valence-corrected chi connectivity index (χ4v) is 9.87. The molecule has 12 aromatic carbocycles. The normalized spacial score (nSPS) is 11.9. The lowest BCUT2D eigenvalue weighted by Gasteiger charge is -2.23. The fraction of sp³-hybridized carbons (Fsp3) is 0. The average molecular weight is 707 g/mol. The highest BCUT2D eigenvalue weighted by Crippen LogP contribution is 2.52. The van der Waals surface area contributed by atoms with Gasteiger partial charge in [-0.05, 0) is 120 Å². The van der Waals surface area contributed by atoms with Gasteiger partial charge in [0.25, 0.3) is 0 Å². The van der Waals surface area contributed by atoms with Crippen LogP contribution in [0.25, 0.3) is 120 Å². The molecule has 0 radical (unpaired) electrons. The second kappa shape index (κ2) is 12.1. The fourth-order valence-electron chi connectivity index (χ4n) is 9.87. The zero-order chi connectivity index (χ0) is 36.7. The Balaban J connectivity index is 1.19. The van der Waals surface area contributed by atoms with E-state index in [0.717, 1.165) is 0 Å². The second-order valence-electron chi connectivity index (χ2n) is 15.1. The molecule has 0 spiro atoms. The molecule has 0 nitrogen and oxygen atoms in total. The molecular formula is C56H34. The van der Waals surface area contributed by atoms with Crippen LogP contribution in [0, 0.1) is 0 Å². The van der Waals surface area contributed by atoms with Gasteiger partial charge in [0.15, 0.2) is 0 Å². The third-order valence-corrected chi connectivity index (χ3v) is 12.2. The molecule has 0 atom stereocenters. The quantitative estimate of drug-likeness (QED) is 0.126. The van der Waals surface area contributed by atoms with E-state index in [0.29, 0.717) is 0 Å². The summed E-state index contributed by atoms with van der Waals surface area (Å²) < 4.78 is 0. The molecule has 0 saturated heterocycles. The van der Waals surface area contributed by atoms with Crippen molar-refractivity contribution in [3.05, 3.63) is 206 Å². The van der Waals surface area contributed by atoms with Crippen LogP contribution in [0.2, 0.25) is 0 Å². The van der Waals surface area contributed by atoms with E-state index in [4.69, 9.17) is 0 Å². The van der Waals surface area contributed by atoms with Crippen molar-refractivity contribution in [3.63, 3.8) is 0 Å². The first-order valence-corrected chi connectivity index (χ1v) is 19.5. The molecule has 0 N–H and O–H groups in total. The van der Waals surface area contributed by atoms with E-state index < -0.39 is 0 Å². The van der Waals surface area contributed by atoms with E-state index in [-0.39, 0.29) is 0 Å². The molecule has 0 unspecified atom stereocenters. The number of rotatable bonds is 4. The third kappa shape index (κ3) is 4.42. The molecule has 12 rings (SSSR count). The van der Waals surface area contributed by atoms with Gasteiger partial charge >= 0.3 is 0 Å². The molecule has 12 aromatic rings. The van der Waals surface area contributed by atoms with Gasteiger partial charge in [-0.3, -0.25) is 0 Å². The van der Waals surface area contributed by atoms with Crippen molar-refractivity contribution >= 4 is 75.4 Å². The summed E-state index contributed by atoms with van der Waals surface area (Å²) in [5, 5.41) is 18.2. The van der Waals surface area contributed by atoms with Gasteiger partial charge in [-0.25, -0.2) is 0 Å². The Hall–Kier alpha value is -7.28. The predicted molar refractivity (Wildman–Crippen MR) is 242 cm³/mol. The number of fused-ring (bicyclic) bond motifs is 7. The van der Waals surface area contributed by atoms with E-state index in [1.165, 1.54) is 120 Å². The second-order valence-corrected chi connectivity index (χ2v) is 15.1. The lowest BCUT2D eigenvalue weighted by Crippen LogP contribution is -1.95. The SMILES string of the molecule is c1ccc(-c2ccc(-c3ccc(-c4c5ccccc5c5c6c4cccc6c4cccc6c(-c7ccccc7)c7ccccc7c5c64)c4ccccc34)cc2)cc1. The van der Waals surface area contributed by atoms with Gasteiger partial charge in [-0.2, -0.15) is 0 Å². The molecule has 258 valence electrons. The number of hydrogen-bond acceptors (Lipinski definition) is 0. The van der Waals surface area contributed by atoms with Gasteiger partial charge in [0.1, 0.15) is 0 Å². The molecule has 0 aliphatic carbocycles. The topological polar surface area (TPSA) is 0 Å². The minimum atomic E-state index is 1.22. The van der Waals surface area contributed by atoms with Crippen molar-refractivity contribution in [2.75, 3.05) is 0 Å². The number of benzene rings is 12. The van der Waals surface area contributed by atoms with Gasteiger partial charge in [0.2, 0.25) is 0 Å². The van der Waals surface area contributed by atoms with Gasteiger partial charge < -0.3 is 0 Å². The van der Waals surface area contributed by atoms with Crippen LogP contribution in [-0.4, -0.2) is 0 Å². The summed E-state index contributed by atoms with van der Waals surface area (Å²) in [5.41, 5.74) is 10.0. The number of hydrogen-bond donors (Lipinski definition) is 0. The first kappa shape index (κ1) is 31.1. The minimum Gasteiger partial charge on any atom is -0.0622 e. The van der Waals surface area contributed by atoms with Crippen molar-refractivity contribution in [1.29, 1.82) is 0 Å². The molecule has 0 aliphatic rings. The van der Waals surface area contributed by atoms with Crippen molar-refractivity contribution < 1.29 is 0 Å². The zero-order valence-corrected chi connectivity index (χ0v) is 30.6. The van der Waals surface area contributed by atoms with Crippen LogP contribution in [0.3, 0.4) is 0 Å². The Morgan fingerprint density at radius 2 is 0.518 bits per heavy atom. The van der Waals surface area contributed by atoms with Crippen LogP contribution in [-0.2, 0) is 0 Å². The zero-order valence-electron chi connectivity index (χ0n) is 30.6. The van der Waals surface area contributed by atoms with E-state index in [1.54, 1.807) is 0 Å². The maximum absolute atomic E-state index is 2.37. The summed E-state index contributed by atoms with van der Waals surface area (Å²) in [6.45, 7) is 0. The van der Waals surface area contributed by atoms with Crippen molar-refractivity contribution in [2.24, 2.45) is 0 Å². The van der Waals surface area contributed by atoms with Crippen LogP contribution >= 0.6 is 0 Å². The van der Waals surface area contributed by atoms with Crippen molar-refractivity contribution in [1.82, 2.24) is 0 Å². The van der Waals surface area contributed by atoms with E-state index in [1.807, 2.05) is 0 Å². The first-order valence-electron chi connectivity index (χ1n) is 19.5. The van der Waals surface area contributed by atoms with Crippen LogP contribution in [0.1, 0.15) is 0 Å². The lowest BCUT2D eigenvalue weighted by atomic mass is 9.79. The Bertz CT molecular complexity index is 3480. The Labute approximate surface area is 324 Å².